The number of hydrogen-bond acceptors (Lipinski definition) is 4. The highest BCUT2D eigenvalue weighted by molar-refractivity contribution is 4.57. The molecule has 0 rings (SSSR count). The lowest BCUT2D eigenvalue weighted by atomic mass is 10.5. The highest BCUT2D eigenvalue weighted by Crippen LogP contribution is 2.13. The third-order valence-corrected chi connectivity index (χ3v) is 1.34. The first-order valence-corrected chi connectivity index (χ1v) is 4.36. The van der Waals surface area contributed by atoms with Gasteiger partial charge in [-0.15, -0.1) is 0 Å². The Labute approximate surface area is 78.7 Å². The fourth-order valence-corrected chi connectivity index (χ4v) is 0.962. The predicted molar refractivity (Wildman–Crippen MR) is 49.2 cm³/mol. The molecule has 0 aromatic carbocycles. The minimum atomic E-state index is -1.03. The van der Waals surface area contributed by atoms with E-state index in [0.717, 1.165) is 0 Å². The number of halogens is 1. The highest BCUT2D eigenvalue weighted by atomic mass is 19.0. The van der Waals surface area contributed by atoms with Crippen molar-refractivity contribution in [3.63, 3.8) is 0 Å². The maximum Gasteiger partial charge on any atom is 0.295 e. The predicted octanol–water partition coefficient (Wildman–Crippen LogP) is 0.861. The average Bonchev–Trinajstić information content (AvgIpc) is 2.06. The molecule has 5 heteroatoms. The summed E-state index contributed by atoms with van der Waals surface area (Å²) >= 11 is 0. The van der Waals surface area contributed by atoms with E-state index >= 15 is 0 Å². The summed E-state index contributed by atoms with van der Waals surface area (Å²) in [7, 11) is 0. The van der Waals surface area contributed by atoms with Crippen molar-refractivity contribution >= 4 is 0 Å². The topological polar surface area (TPSA) is 53.7 Å². The normalized spacial score (nSPS) is 11.1. The van der Waals surface area contributed by atoms with E-state index in [0.29, 0.717) is 19.8 Å². The highest BCUT2D eigenvalue weighted by Gasteiger charge is 2.30. The van der Waals surface area contributed by atoms with E-state index < -0.39 is 5.97 Å². The molecule has 0 spiro atoms. The molecule has 0 unspecified atom stereocenters. The number of rotatable bonds is 7. The van der Waals surface area contributed by atoms with Gasteiger partial charge < -0.3 is 19.9 Å². The van der Waals surface area contributed by atoms with Crippen molar-refractivity contribution < 1.29 is 18.9 Å². The van der Waals surface area contributed by atoms with Crippen LogP contribution in [-0.4, -0.2) is 32.3 Å². The average molecular weight is 197 g/mol. The fraction of sp³-hybridized carbons (Fsp3) is 1.00. The van der Waals surface area contributed by atoms with E-state index in [9.17, 15) is 0 Å². The summed E-state index contributed by atoms with van der Waals surface area (Å²) in [5.74, 6) is -1.03. The van der Waals surface area contributed by atoms with Crippen LogP contribution in [0.5, 0.6) is 0 Å². The summed E-state index contributed by atoms with van der Waals surface area (Å²) in [5.41, 5.74) is 5.49. The lowest BCUT2D eigenvalue weighted by Gasteiger charge is -2.30. The molecule has 0 aromatic rings. The molecule has 0 saturated heterocycles. The van der Waals surface area contributed by atoms with Crippen molar-refractivity contribution in [1.82, 2.24) is 0 Å². The van der Waals surface area contributed by atoms with Gasteiger partial charge in [-0.05, 0) is 20.8 Å². The Kier molecular flexibility index (Phi) is 9.82. The molecule has 0 aromatic heterocycles. The van der Waals surface area contributed by atoms with Crippen LogP contribution >= 0.6 is 0 Å². The van der Waals surface area contributed by atoms with Gasteiger partial charge in [0.1, 0.15) is 0 Å². The van der Waals surface area contributed by atoms with Gasteiger partial charge in [0, 0.05) is 19.8 Å². The Hall–Kier alpha value is -0.230. The number of nitrogens with two attached hydrogens (primary N) is 1. The molecule has 0 aliphatic carbocycles. The zero-order valence-electron chi connectivity index (χ0n) is 8.54. The molecule has 0 bridgehead atoms. The van der Waals surface area contributed by atoms with Crippen molar-refractivity contribution in [2.45, 2.75) is 26.7 Å². The lowest BCUT2D eigenvalue weighted by Crippen LogP contribution is -2.46. The van der Waals surface area contributed by atoms with Gasteiger partial charge in [0.2, 0.25) is 0 Å². The van der Waals surface area contributed by atoms with Crippen LogP contribution in [0.15, 0.2) is 0 Å². The second kappa shape index (κ2) is 8.37. The van der Waals surface area contributed by atoms with Crippen LogP contribution in [0.1, 0.15) is 20.8 Å². The summed E-state index contributed by atoms with van der Waals surface area (Å²) in [6, 6.07) is 0. The molecule has 0 radical (unpaired) electrons. The lowest BCUT2D eigenvalue weighted by molar-refractivity contribution is -0.370. The largest absolute Gasteiger partial charge is 0.327 e. The van der Waals surface area contributed by atoms with Crippen LogP contribution in [-0.2, 0) is 14.2 Å². The van der Waals surface area contributed by atoms with E-state index in [1.165, 1.54) is 0 Å². The molecule has 0 aliphatic rings. The van der Waals surface area contributed by atoms with E-state index in [-0.39, 0.29) is 11.2 Å². The van der Waals surface area contributed by atoms with Crippen LogP contribution in [0.3, 0.4) is 0 Å². The Morgan fingerprint density at radius 1 is 0.923 bits per heavy atom. The molecular formula is C8H20FNO3. The molecule has 2 N–H and O–H groups in total. The third-order valence-electron chi connectivity index (χ3n) is 1.34. The van der Waals surface area contributed by atoms with Crippen LogP contribution in [0.25, 0.3) is 0 Å². The molecule has 0 atom stereocenters. The van der Waals surface area contributed by atoms with Crippen LogP contribution in [0.4, 0.5) is 4.70 Å². The molecular weight excluding hydrogens is 177 g/mol. The molecule has 0 amide bonds. The Morgan fingerprint density at radius 2 is 1.23 bits per heavy atom. The Morgan fingerprint density at radius 3 is 1.38 bits per heavy atom. The Balaban J connectivity index is 0. The van der Waals surface area contributed by atoms with Crippen molar-refractivity contribution in [2.24, 2.45) is 5.73 Å². The van der Waals surface area contributed by atoms with Crippen molar-refractivity contribution in [3.8, 4) is 0 Å². The summed E-state index contributed by atoms with van der Waals surface area (Å²) in [4.78, 5) is 0. The summed E-state index contributed by atoms with van der Waals surface area (Å²) in [6.45, 7) is 7.42. The minimum Gasteiger partial charge on any atom is -0.327 e. The molecule has 0 saturated carbocycles. The fourth-order valence-electron chi connectivity index (χ4n) is 0.962. The number of ether oxygens (including phenoxy) is 3. The van der Waals surface area contributed by atoms with E-state index in [4.69, 9.17) is 19.9 Å². The summed E-state index contributed by atoms with van der Waals surface area (Å²) in [6.07, 6.45) is 0. The number of hydrogen-bond donors (Lipinski definition) is 1. The van der Waals surface area contributed by atoms with Gasteiger partial charge in [0.05, 0.1) is 6.54 Å². The summed E-state index contributed by atoms with van der Waals surface area (Å²) in [5, 5.41) is 0. The van der Waals surface area contributed by atoms with E-state index in [1.54, 1.807) is 0 Å². The second-order valence-electron chi connectivity index (χ2n) is 2.19. The van der Waals surface area contributed by atoms with Gasteiger partial charge >= 0.3 is 0 Å². The van der Waals surface area contributed by atoms with Crippen molar-refractivity contribution in [1.29, 1.82) is 0 Å². The molecule has 13 heavy (non-hydrogen) atoms. The zero-order chi connectivity index (χ0) is 9.45. The first-order chi connectivity index (χ1) is 5.74. The molecule has 0 heterocycles. The molecule has 82 valence electrons. The monoisotopic (exact) mass is 197 g/mol. The van der Waals surface area contributed by atoms with E-state index in [2.05, 4.69) is 0 Å². The van der Waals surface area contributed by atoms with Crippen LogP contribution in [0, 0.1) is 0 Å². The molecule has 4 nitrogen and oxygen atoms in total. The van der Waals surface area contributed by atoms with Crippen LogP contribution < -0.4 is 5.73 Å². The maximum absolute atomic E-state index is 5.49. The van der Waals surface area contributed by atoms with E-state index in [1.807, 2.05) is 20.8 Å². The van der Waals surface area contributed by atoms with Gasteiger partial charge in [-0.2, -0.15) is 0 Å². The summed E-state index contributed by atoms with van der Waals surface area (Å²) < 4.78 is 15.9. The maximum atomic E-state index is 5.49. The first kappa shape index (κ1) is 15.3. The van der Waals surface area contributed by atoms with Gasteiger partial charge in [-0.25, -0.2) is 0 Å². The minimum absolute atomic E-state index is 0. The third kappa shape index (κ3) is 5.15. The van der Waals surface area contributed by atoms with Crippen LogP contribution in [0.2, 0.25) is 0 Å². The smallest absolute Gasteiger partial charge is 0.295 e. The first-order valence-electron chi connectivity index (χ1n) is 4.36. The standard InChI is InChI=1S/C8H19NO3.FH/c1-4-10-8(7-9,11-5-2)12-6-3;/h4-7,9H2,1-3H3;1H. The second-order valence-corrected chi connectivity index (χ2v) is 2.19. The van der Waals surface area contributed by atoms with Gasteiger partial charge in [0.25, 0.3) is 5.97 Å². The zero-order valence-corrected chi connectivity index (χ0v) is 8.54. The van der Waals surface area contributed by atoms with Gasteiger partial charge in [-0.3, -0.25) is 4.70 Å². The van der Waals surface area contributed by atoms with Crippen molar-refractivity contribution in [3.05, 3.63) is 0 Å². The van der Waals surface area contributed by atoms with Crippen molar-refractivity contribution in [2.75, 3.05) is 26.4 Å². The quantitative estimate of drug-likeness (QED) is 0.615. The molecule has 0 aliphatic heterocycles. The van der Waals surface area contributed by atoms with Gasteiger partial charge in [-0.1, -0.05) is 0 Å². The van der Waals surface area contributed by atoms with Gasteiger partial charge in [0.15, 0.2) is 0 Å². The SMILES string of the molecule is CCOC(CN)(OCC)OCC.F. The Bertz CT molecular complexity index is 96.5. The molecule has 0 fully saturated rings.